The molecule has 0 spiro atoms. The molecule has 0 aliphatic rings. The number of hydrazone groups is 1. The lowest BCUT2D eigenvalue weighted by atomic mass is 10.1. The Bertz CT molecular complexity index is 864. The fourth-order valence-corrected chi connectivity index (χ4v) is 2.50. The first-order valence-electron chi connectivity index (χ1n) is 8.62. The predicted molar refractivity (Wildman–Crippen MR) is 113 cm³/mol. The standard InChI is InChI=1S/C23H23N3/c1-26(2)22-16-13-19(14-17-22)15-18-23(20-9-5-3-6-10-20)25-24-21-11-7-4-8-12-21/h3-18,24H,1-2H3/b18-15?,25-23+. The lowest BCUT2D eigenvalue weighted by Gasteiger charge is -2.11. The minimum absolute atomic E-state index is 0.881. The molecule has 0 amide bonds. The third kappa shape index (κ3) is 4.84. The zero-order chi connectivity index (χ0) is 18.2. The van der Waals surface area contributed by atoms with Crippen LogP contribution in [0.15, 0.2) is 96.1 Å². The molecule has 26 heavy (non-hydrogen) atoms. The van der Waals surface area contributed by atoms with E-state index in [0.29, 0.717) is 0 Å². The van der Waals surface area contributed by atoms with Crippen molar-refractivity contribution in [2.24, 2.45) is 5.10 Å². The van der Waals surface area contributed by atoms with Gasteiger partial charge in [-0.3, -0.25) is 5.43 Å². The summed E-state index contributed by atoms with van der Waals surface area (Å²) in [5.41, 5.74) is 8.37. The third-order valence-corrected chi connectivity index (χ3v) is 3.99. The summed E-state index contributed by atoms with van der Waals surface area (Å²) in [6.07, 6.45) is 4.12. The summed E-state index contributed by atoms with van der Waals surface area (Å²) < 4.78 is 0. The van der Waals surface area contributed by atoms with Gasteiger partial charge in [0.1, 0.15) is 0 Å². The molecule has 0 aromatic heterocycles. The highest BCUT2D eigenvalue weighted by molar-refractivity contribution is 6.11. The number of hydrogen-bond donors (Lipinski definition) is 1. The van der Waals surface area contributed by atoms with Gasteiger partial charge in [0.25, 0.3) is 0 Å². The summed E-state index contributed by atoms with van der Waals surface area (Å²) in [6, 6.07) is 28.6. The van der Waals surface area contributed by atoms with Gasteiger partial charge < -0.3 is 4.90 Å². The Morgan fingerprint density at radius 2 is 1.42 bits per heavy atom. The second kappa shape index (κ2) is 8.67. The van der Waals surface area contributed by atoms with E-state index in [1.807, 2.05) is 68.7 Å². The second-order valence-electron chi connectivity index (χ2n) is 6.16. The molecule has 130 valence electrons. The fourth-order valence-electron chi connectivity index (χ4n) is 2.50. The Kier molecular flexibility index (Phi) is 5.84. The highest BCUT2D eigenvalue weighted by atomic mass is 15.3. The number of hydrogen-bond acceptors (Lipinski definition) is 3. The summed E-state index contributed by atoms with van der Waals surface area (Å²) >= 11 is 0. The Morgan fingerprint density at radius 1 is 0.808 bits per heavy atom. The monoisotopic (exact) mass is 341 g/mol. The summed E-state index contributed by atoms with van der Waals surface area (Å²) in [6.45, 7) is 0. The number of rotatable bonds is 6. The molecule has 0 bridgehead atoms. The molecule has 3 heteroatoms. The van der Waals surface area contributed by atoms with Crippen molar-refractivity contribution in [3.8, 4) is 0 Å². The first-order valence-corrected chi connectivity index (χ1v) is 8.62. The van der Waals surface area contributed by atoms with Crippen LogP contribution in [0.4, 0.5) is 11.4 Å². The summed E-state index contributed by atoms with van der Waals surface area (Å²) in [4.78, 5) is 2.09. The Labute approximate surface area is 155 Å². The van der Waals surface area contributed by atoms with E-state index in [1.54, 1.807) is 0 Å². The lowest BCUT2D eigenvalue weighted by Crippen LogP contribution is -2.07. The predicted octanol–water partition coefficient (Wildman–Crippen LogP) is 5.28. The molecule has 0 saturated carbocycles. The molecule has 3 aromatic carbocycles. The third-order valence-electron chi connectivity index (χ3n) is 3.99. The first-order chi connectivity index (χ1) is 12.7. The van der Waals surface area contributed by atoms with Gasteiger partial charge in [-0.05, 0) is 35.9 Å². The van der Waals surface area contributed by atoms with Gasteiger partial charge in [-0.2, -0.15) is 5.10 Å². The molecule has 0 heterocycles. The molecule has 0 radical (unpaired) electrons. The van der Waals surface area contributed by atoms with Gasteiger partial charge in [0.05, 0.1) is 11.4 Å². The van der Waals surface area contributed by atoms with Crippen LogP contribution < -0.4 is 10.3 Å². The quantitative estimate of drug-likeness (QED) is 0.488. The SMILES string of the molecule is CN(C)c1ccc(C=C/C(=N\Nc2ccccc2)c2ccccc2)cc1. The van der Waals surface area contributed by atoms with E-state index in [0.717, 1.165) is 22.5 Å². The fraction of sp³-hybridized carbons (Fsp3) is 0.0870. The van der Waals surface area contributed by atoms with Crippen LogP contribution in [0, 0.1) is 0 Å². The average Bonchev–Trinajstić information content (AvgIpc) is 2.70. The zero-order valence-electron chi connectivity index (χ0n) is 15.1. The highest BCUT2D eigenvalue weighted by Crippen LogP contribution is 2.14. The molecular weight excluding hydrogens is 318 g/mol. The molecule has 0 unspecified atom stereocenters. The highest BCUT2D eigenvalue weighted by Gasteiger charge is 2.00. The maximum absolute atomic E-state index is 4.60. The van der Waals surface area contributed by atoms with Gasteiger partial charge in [-0.25, -0.2) is 0 Å². The van der Waals surface area contributed by atoms with Crippen molar-refractivity contribution in [2.45, 2.75) is 0 Å². The molecule has 0 saturated heterocycles. The number of nitrogens with one attached hydrogen (secondary N) is 1. The van der Waals surface area contributed by atoms with Crippen molar-refractivity contribution in [1.82, 2.24) is 0 Å². The molecule has 3 aromatic rings. The maximum atomic E-state index is 4.60. The largest absolute Gasteiger partial charge is 0.378 e. The van der Waals surface area contributed by atoms with E-state index in [9.17, 15) is 0 Å². The minimum Gasteiger partial charge on any atom is -0.378 e. The number of anilines is 2. The van der Waals surface area contributed by atoms with E-state index in [-0.39, 0.29) is 0 Å². The van der Waals surface area contributed by atoms with E-state index < -0.39 is 0 Å². The molecule has 3 nitrogen and oxygen atoms in total. The second-order valence-corrected chi connectivity index (χ2v) is 6.16. The summed E-state index contributed by atoms with van der Waals surface area (Å²) in [5.74, 6) is 0. The first kappa shape index (κ1) is 17.5. The van der Waals surface area contributed by atoms with Crippen LogP contribution in [0.25, 0.3) is 6.08 Å². The van der Waals surface area contributed by atoms with E-state index >= 15 is 0 Å². The van der Waals surface area contributed by atoms with Crippen LogP contribution in [-0.4, -0.2) is 19.8 Å². The van der Waals surface area contributed by atoms with Gasteiger partial charge in [0, 0.05) is 25.3 Å². The van der Waals surface area contributed by atoms with Gasteiger partial charge in [-0.1, -0.05) is 66.7 Å². The Balaban J connectivity index is 1.83. The Hall–Kier alpha value is -3.33. The lowest BCUT2D eigenvalue weighted by molar-refractivity contribution is 1.13. The molecule has 1 N–H and O–H groups in total. The number of nitrogens with zero attached hydrogens (tertiary/aromatic N) is 2. The smallest absolute Gasteiger partial charge is 0.0905 e. The number of para-hydroxylation sites is 1. The Morgan fingerprint density at radius 3 is 2.04 bits per heavy atom. The molecule has 0 fully saturated rings. The van der Waals surface area contributed by atoms with E-state index in [1.165, 1.54) is 5.69 Å². The van der Waals surface area contributed by atoms with Crippen molar-refractivity contribution >= 4 is 23.2 Å². The maximum Gasteiger partial charge on any atom is 0.0905 e. The van der Waals surface area contributed by atoms with Crippen LogP contribution in [0.5, 0.6) is 0 Å². The number of benzene rings is 3. The van der Waals surface area contributed by atoms with Crippen molar-refractivity contribution in [3.63, 3.8) is 0 Å². The molecule has 0 aliphatic carbocycles. The van der Waals surface area contributed by atoms with Crippen molar-refractivity contribution in [1.29, 1.82) is 0 Å². The van der Waals surface area contributed by atoms with Crippen molar-refractivity contribution in [2.75, 3.05) is 24.4 Å². The molecule has 0 atom stereocenters. The van der Waals surface area contributed by atoms with Crippen LogP contribution in [0.3, 0.4) is 0 Å². The van der Waals surface area contributed by atoms with Gasteiger partial charge in [-0.15, -0.1) is 0 Å². The summed E-state index contributed by atoms with van der Waals surface area (Å²) in [7, 11) is 4.08. The minimum atomic E-state index is 0.881. The van der Waals surface area contributed by atoms with Crippen LogP contribution in [-0.2, 0) is 0 Å². The van der Waals surface area contributed by atoms with Gasteiger partial charge >= 0.3 is 0 Å². The molecular formula is C23H23N3. The van der Waals surface area contributed by atoms with Crippen LogP contribution in [0.1, 0.15) is 11.1 Å². The topological polar surface area (TPSA) is 27.6 Å². The van der Waals surface area contributed by atoms with Gasteiger partial charge in [0.2, 0.25) is 0 Å². The van der Waals surface area contributed by atoms with Crippen molar-refractivity contribution in [3.05, 3.63) is 102 Å². The molecule has 3 rings (SSSR count). The van der Waals surface area contributed by atoms with E-state index in [2.05, 4.69) is 57.9 Å². The normalized spacial score (nSPS) is 11.5. The van der Waals surface area contributed by atoms with Crippen LogP contribution >= 0.6 is 0 Å². The zero-order valence-corrected chi connectivity index (χ0v) is 15.1. The van der Waals surface area contributed by atoms with Gasteiger partial charge in [0.15, 0.2) is 0 Å². The van der Waals surface area contributed by atoms with Crippen molar-refractivity contribution < 1.29 is 0 Å². The number of allylic oxidation sites excluding steroid dienone is 1. The average molecular weight is 341 g/mol. The van der Waals surface area contributed by atoms with Crippen LogP contribution in [0.2, 0.25) is 0 Å². The van der Waals surface area contributed by atoms with E-state index in [4.69, 9.17) is 0 Å². The molecule has 0 aliphatic heterocycles. The summed E-state index contributed by atoms with van der Waals surface area (Å²) in [5, 5.41) is 4.60.